The zero-order valence-electron chi connectivity index (χ0n) is 17.3. The van der Waals surface area contributed by atoms with Crippen LogP contribution in [0.1, 0.15) is 46.0 Å². The Balaban J connectivity index is 1.68. The van der Waals surface area contributed by atoms with Crippen LogP contribution in [0.2, 0.25) is 0 Å². The average molecular weight is 420 g/mol. The van der Waals surface area contributed by atoms with E-state index >= 15 is 0 Å². The standard InChI is InChI=1S/C24H24N2O5/c1-2-31-21(27)15-25(17-12-13-17)24(30)20(14-16-8-4-3-5-9-16)26-22(28)18-10-6-7-11-19(18)23(26)29/h3-11,17,20H,2,12-15H2,1H3. The highest BCUT2D eigenvalue weighted by atomic mass is 16.5. The largest absolute Gasteiger partial charge is 0.465 e. The van der Waals surface area contributed by atoms with Crippen LogP contribution in [0, 0.1) is 0 Å². The molecule has 1 unspecified atom stereocenters. The van der Waals surface area contributed by atoms with Crippen LogP contribution in [0.4, 0.5) is 0 Å². The summed E-state index contributed by atoms with van der Waals surface area (Å²) in [6.07, 6.45) is 1.74. The van der Waals surface area contributed by atoms with E-state index < -0.39 is 29.7 Å². The molecule has 7 heteroatoms. The maximum absolute atomic E-state index is 13.7. The van der Waals surface area contributed by atoms with Crippen molar-refractivity contribution in [3.8, 4) is 0 Å². The second kappa shape index (κ2) is 8.71. The minimum Gasteiger partial charge on any atom is -0.465 e. The van der Waals surface area contributed by atoms with Gasteiger partial charge in [0.25, 0.3) is 11.8 Å². The molecule has 160 valence electrons. The second-order valence-corrected chi connectivity index (χ2v) is 7.73. The molecule has 4 rings (SSSR count). The van der Waals surface area contributed by atoms with Crippen molar-refractivity contribution in [1.29, 1.82) is 0 Å². The predicted molar refractivity (Wildman–Crippen MR) is 112 cm³/mol. The highest BCUT2D eigenvalue weighted by molar-refractivity contribution is 6.22. The van der Waals surface area contributed by atoms with Gasteiger partial charge in [0.1, 0.15) is 12.6 Å². The summed E-state index contributed by atoms with van der Waals surface area (Å²) < 4.78 is 5.04. The number of hydrogen-bond acceptors (Lipinski definition) is 5. The van der Waals surface area contributed by atoms with Gasteiger partial charge in [-0.1, -0.05) is 42.5 Å². The maximum Gasteiger partial charge on any atom is 0.325 e. The van der Waals surface area contributed by atoms with Crippen LogP contribution < -0.4 is 0 Å². The van der Waals surface area contributed by atoms with Crippen molar-refractivity contribution in [1.82, 2.24) is 9.80 Å². The van der Waals surface area contributed by atoms with Crippen molar-refractivity contribution in [2.24, 2.45) is 0 Å². The summed E-state index contributed by atoms with van der Waals surface area (Å²) in [5.74, 6) is -1.87. The summed E-state index contributed by atoms with van der Waals surface area (Å²) in [4.78, 5) is 54.6. The second-order valence-electron chi connectivity index (χ2n) is 7.73. The third-order valence-electron chi connectivity index (χ3n) is 5.57. The van der Waals surface area contributed by atoms with E-state index in [4.69, 9.17) is 4.74 Å². The number of hydrogen-bond donors (Lipinski definition) is 0. The molecule has 2 aliphatic rings. The normalized spacial score (nSPS) is 16.1. The van der Waals surface area contributed by atoms with E-state index in [0.717, 1.165) is 23.3 Å². The molecule has 1 aliphatic carbocycles. The van der Waals surface area contributed by atoms with Gasteiger partial charge in [-0.05, 0) is 37.5 Å². The quantitative estimate of drug-likeness (QED) is 0.484. The monoisotopic (exact) mass is 420 g/mol. The molecule has 1 heterocycles. The summed E-state index contributed by atoms with van der Waals surface area (Å²) in [5, 5.41) is 0. The predicted octanol–water partition coefficient (Wildman–Crippen LogP) is 2.45. The number of nitrogens with zero attached hydrogens (tertiary/aromatic N) is 2. The van der Waals surface area contributed by atoms with E-state index in [0.29, 0.717) is 11.1 Å². The molecular formula is C24H24N2O5. The van der Waals surface area contributed by atoms with Gasteiger partial charge >= 0.3 is 5.97 Å². The molecule has 31 heavy (non-hydrogen) atoms. The molecule has 1 saturated carbocycles. The maximum atomic E-state index is 13.7. The van der Waals surface area contributed by atoms with Crippen LogP contribution >= 0.6 is 0 Å². The van der Waals surface area contributed by atoms with Crippen molar-refractivity contribution in [3.05, 3.63) is 71.3 Å². The lowest BCUT2D eigenvalue weighted by Gasteiger charge is -2.31. The van der Waals surface area contributed by atoms with E-state index in [1.807, 2.05) is 30.3 Å². The topological polar surface area (TPSA) is 84.0 Å². The lowest BCUT2D eigenvalue weighted by molar-refractivity contribution is -0.150. The number of fused-ring (bicyclic) bond motifs is 1. The Morgan fingerprint density at radius 1 is 1.00 bits per heavy atom. The van der Waals surface area contributed by atoms with E-state index in [1.165, 1.54) is 4.90 Å². The zero-order valence-corrected chi connectivity index (χ0v) is 17.3. The minimum absolute atomic E-state index is 0.0784. The SMILES string of the molecule is CCOC(=O)CN(C(=O)C(Cc1ccccc1)N1C(=O)c2ccccc2C1=O)C1CC1. The molecule has 0 aromatic heterocycles. The Hall–Kier alpha value is -3.48. The minimum atomic E-state index is -1.04. The molecule has 1 atom stereocenters. The number of esters is 1. The van der Waals surface area contributed by atoms with E-state index in [2.05, 4.69) is 0 Å². The van der Waals surface area contributed by atoms with E-state index in [-0.39, 0.29) is 25.6 Å². The number of rotatable bonds is 8. The lowest BCUT2D eigenvalue weighted by atomic mass is 10.0. The van der Waals surface area contributed by atoms with Crippen LogP contribution in [-0.2, 0) is 20.7 Å². The number of imide groups is 1. The summed E-state index contributed by atoms with van der Waals surface area (Å²) in [6.45, 7) is 1.74. The third kappa shape index (κ3) is 4.21. The van der Waals surface area contributed by atoms with Gasteiger partial charge in [0.15, 0.2) is 0 Å². The first-order valence-electron chi connectivity index (χ1n) is 10.5. The van der Waals surface area contributed by atoms with Gasteiger partial charge in [-0.2, -0.15) is 0 Å². The van der Waals surface area contributed by atoms with Crippen molar-refractivity contribution in [2.75, 3.05) is 13.2 Å². The summed E-state index contributed by atoms with van der Waals surface area (Å²) in [6, 6.07) is 14.7. The molecule has 7 nitrogen and oxygen atoms in total. The Kier molecular flexibility index (Phi) is 5.84. The van der Waals surface area contributed by atoms with E-state index in [9.17, 15) is 19.2 Å². The van der Waals surface area contributed by atoms with Crippen molar-refractivity contribution >= 4 is 23.7 Å². The van der Waals surface area contributed by atoms with Crippen LogP contribution in [0.15, 0.2) is 54.6 Å². The molecule has 2 aromatic carbocycles. The van der Waals surface area contributed by atoms with Crippen LogP contribution in [0.5, 0.6) is 0 Å². The molecule has 0 spiro atoms. The van der Waals surface area contributed by atoms with Gasteiger partial charge < -0.3 is 9.64 Å². The summed E-state index contributed by atoms with van der Waals surface area (Å²) in [5.41, 5.74) is 1.41. The summed E-state index contributed by atoms with van der Waals surface area (Å²) in [7, 11) is 0. The number of carbonyl (C=O) groups is 4. The molecule has 0 N–H and O–H groups in total. The first kappa shape index (κ1) is 20.8. The van der Waals surface area contributed by atoms with Crippen LogP contribution in [-0.4, -0.2) is 58.7 Å². The molecule has 0 bridgehead atoms. The molecule has 0 saturated heterocycles. The Morgan fingerprint density at radius 3 is 2.13 bits per heavy atom. The van der Waals surface area contributed by atoms with Gasteiger partial charge in [-0.3, -0.25) is 24.1 Å². The summed E-state index contributed by atoms with van der Waals surface area (Å²) >= 11 is 0. The first-order valence-corrected chi connectivity index (χ1v) is 10.5. The molecular weight excluding hydrogens is 396 g/mol. The zero-order chi connectivity index (χ0) is 22.0. The van der Waals surface area contributed by atoms with Gasteiger partial charge in [-0.25, -0.2) is 0 Å². The highest BCUT2D eigenvalue weighted by Crippen LogP contribution is 2.31. The smallest absolute Gasteiger partial charge is 0.325 e. The Labute approximate surface area is 180 Å². The molecule has 0 radical (unpaired) electrons. The molecule has 1 fully saturated rings. The Bertz CT molecular complexity index is 981. The fourth-order valence-corrected chi connectivity index (χ4v) is 3.93. The van der Waals surface area contributed by atoms with Crippen LogP contribution in [0.25, 0.3) is 0 Å². The van der Waals surface area contributed by atoms with Gasteiger partial charge in [0.05, 0.1) is 17.7 Å². The van der Waals surface area contributed by atoms with Crippen molar-refractivity contribution < 1.29 is 23.9 Å². The Morgan fingerprint density at radius 2 is 1.58 bits per heavy atom. The number of benzene rings is 2. The average Bonchev–Trinajstić information content (AvgIpc) is 3.59. The van der Waals surface area contributed by atoms with Crippen molar-refractivity contribution in [2.45, 2.75) is 38.3 Å². The fraction of sp³-hybridized carbons (Fsp3) is 0.333. The van der Waals surface area contributed by atoms with Gasteiger partial charge in [0.2, 0.25) is 5.91 Å². The lowest BCUT2D eigenvalue weighted by Crippen LogP contribution is -2.53. The van der Waals surface area contributed by atoms with E-state index in [1.54, 1.807) is 31.2 Å². The molecule has 1 aliphatic heterocycles. The van der Waals surface area contributed by atoms with Gasteiger partial charge in [0, 0.05) is 12.5 Å². The number of carbonyl (C=O) groups excluding carboxylic acids is 4. The number of ether oxygens (including phenoxy) is 1. The highest BCUT2D eigenvalue weighted by Gasteiger charge is 2.46. The molecule has 2 aromatic rings. The third-order valence-corrected chi connectivity index (χ3v) is 5.57. The van der Waals surface area contributed by atoms with Gasteiger partial charge in [-0.15, -0.1) is 0 Å². The fourth-order valence-electron chi connectivity index (χ4n) is 3.93. The van der Waals surface area contributed by atoms with Crippen molar-refractivity contribution in [3.63, 3.8) is 0 Å². The number of amides is 3. The van der Waals surface area contributed by atoms with Crippen LogP contribution in [0.3, 0.4) is 0 Å². The first-order chi connectivity index (χ1) is 15.0. The molecule has 3 amide bonds.